The molecule has 1 fully saturated rings. The summed E-state index contributed by atoms with van der Waals surface area (Å²) < 4.78 is 29.1. The summed E-state index contributed by atoms with van der Waals surface area (Å²) >= 11 is 6.35. The number of hydrogen-bond acceptors (Lipinski definition) is 6. The molecular formula is C31H39ClN2O6S. The molecule has 0 aromatic heterocycles. The van der Waals surface area contributed by atoms with Crippen LogP contribution >= 0.6 is 11.6 Å². The lowest BCUT2D eigenvalue weighted by atomic mass is 9.68. The predicted octanol–water partition coefficient (Wildman–Crippen LogP) is 4.77. The molecule has 10 heteroatoms. The SMILES string of the molecule is C[C@@H](CC=C[C@H](O)[C@@H]1CC[C@H]1CN1C[C@@]2(CCCc3cc(Cl)ccc32)COc2ccc(C(=O)O)cc21)CS(N)(=O)=O. The number of carboxylic acids is 1. The van der Waals surface area contributed by atoms with E-state index < -0.39 is 22.1 Å². The van der Waals surface area contributed by atoms with Crippen LogP contribution < -0.4 is 14.8 Å². The third-order valence-electron chi connectivity index (χ3n) is 9.04. The lowest BCUT2D eigenvalue weighted by Crippen LogP contribution is -2.49. The minimum absolute atomic E-state index is 0.0588. The van der Waals surface area contributed by atoms with E-state index in [-0.39, 0.29) is 34.5 Å². The number of hydrogen-bond donors (Lipinski definition) is 3. The summed E-state index contributed by atoms with van der Waals surface area (Å²) in [6.07, 6.45) is 8.29. The van der Waals surface area contributed by atoms with Crippen molar-refractivity contribution in [3.05, 3.63) is 70.3 Å². The summed E-state index contributed by atoms with van der Waals surface area (Å²) in [5, 5.41) is 26.6. The third kappa shape index (κ3) is 6.74. The molecule has 0 radical (unpaired) electrons. The molecule has 222 valence electrons. The van der Waals surface area contributed by atoms with Crippen LogP contribution in [0.5, 0.6) is 5.75 Å². The zero-order chi connectivity index (χ0) is 29.4. The monoisotopic (exact) mass is 602 g/mol. The molecule has 41 heavy (non-hydrogen) atoms. The lowest BCUT2D eigenvalue weighted by Gasteiger charge is -2.45. The summed E-state index contributed by atoms with van der Waals surface area (Å²) in [4.78, 5) is 14.2. The number of aliphatic hydroxyl groups excluding tert-OH is 1. The van der Waals surface area contributed by atoms with Gasteiger partial charge in [-0.15, -0.1) is 0 Å². The van der Waals surface area contributed by atoms with Gasteiger partial charge in [-0.05, 0) is 97.7 Å². The zero-order valence-corrected chi connectivity index (χ0v) is 24.9. The van der Waals surface area contributed by atoms with Crippen LogP contribution in [0.4, 0.5) is 5.69 Å². The summed E-state index contributed by atoms with van der Waals surface area (Å²) in [6, 6.07) is 11.2. The molecule has 2 aliphatic carbocycles. The number of allylic oxidation sites excluding steroid dienone is 1. The maximum atomic E-state index is 11.9. The van der Waals surface area contributed by atoms with E-state index in [1.54, 1.807) is 24.3 Å². The van der Waals surface area contributed by atoms with Crippen molar-refractivity contribution < 1.29 is 28.2 Å². The molecule has 1 saturated carbocycles. The first-order valence-electron chi connectivity index (χ1n) is 14.3. The molecule has 5 atom stereocenters. The summed E-state index contributed by atoms with van der Waals surface area (Å²) in [5.41, 5.74) is 3.20. The quantitative estimate of drug-likeness (QED) is 0.353. The summed E-state index contributed by atoms with van der Waals surface area (Å²) in [7, 11) is -3.53. The Morgan fingerprint density at radius 1 is 1.27 bits per heavy atom. The molecular weight excluding hydrogens is 564 g/mol. The molecule has 0 bridgehead atoms. The molecule has 2 aromatic rings. The van der Waals surface area contributed by atoms with Gasteiger partial charge in [0.05, 0.1) is 29.7 Å². The minimum atomic E-state index is -3.53. The number of carbonyl (C=O) groups is 1. The number of aryl methyl sites for hydroxylation is 1. The van der Waals surface area contributed by atoms with E-state index in [0.29, 0.717) is 31.9 Å². The lowest BCUT2D eigenvalue weighted by molar-refractivity contribution is 0.0456. The maximum Gasteiger partial charge on any atom is 0.335 e. The molecule has 1 heterocycles. The van der Waals surface area contributed by atoms with Gasteiger partial charge in [-0.2, -0.15) is 0 Å². The molecule has 0 amide bonds. The van der Waals surface area contributed by atoms with E-state index >= 15 is 0 Å². The minimum Gasteiger partial charge on any atom is -0.490 e. The highest BCUT2D eigenvalue weighted by Gasteiger charge is 2.44. The Bertz CT molecular complexity index is 1430. The number of sulfonamides is 1. The van der Waals surface area contributed by atoms with Gasteiger partial charge in [-0.1, -0.05) is 36.7 Å². The Morgan fingerprint density at radius 2 is 2.07 bits per heavy atom. The number of aromatic carboxylic acids is 1. The molecule has 2 aromatic carbocycles. The Morgan fingerprint density at radius 3 is 2.78 bits per heavy atom. The highest BCUT2D eigenvalue weighted by atomic mass is 35.5. The van der Waals surface area contributed by atoms with E-state index in [4.69, 9.17) is 21.5 Å². The zero-order valence-electron chi connectivity index (χ0n) is 23.3. The number of anilines is 1. The van der Waals surface area contributed by atoms with Crippen LogP contribution in [0.1, 0.15) is 60.5 Å². The van der Waals surface area contributed by atoms with Crippen LogP contribution in [-0.2, 0) is 21.9 Å². The molecule has 4 N–H and O–H groups in total. The fourth-order valence-corrected chi connectivity index (χ4v) is 7.98. The second-order valence-electron chi connectivity index (χ2n) is 12.2. The number of nitrogens with zero attached hydrogens (tertiary/aromatic N) is 1. The first-order chi connectivity index (χ1) is 19.4. The van der Waals surface area contributed by atoms with Gasteiger partial charge in [-0.3, -0.25) is 0 Å². The average Bonchev–Trinajstić information content (AvgIpc) is 3.02. The number of primary sulfonamides is 1. The van der Waals surface area contributed by atoms with Crippen molar-refractivity contribution in [3.63, 3.8) is 0 Å². The fourth-order valence-electron chi connectivity index (χ4n) is 6.86. The average molecular weight is 603 g/mol. The van der Waals surface area contributed by atoms with Crippen LogP contribution in [0, 0.1) is 17.8 Å². The summed E-state index contributed by atoms with van der Waals surface area (Å²) in [6.45, 7) is 3.66. The Hall–Kier alpha value is -2.59. The van der Waals surface area contributed by atoms with Gasteiger partial charge in [-0.25, -0.2) is 18.4 Å². The first kappa shape index (κ1) is 29.9. The Kier molecular flexibility index (Phi) is 8.71. The van der Waals surface area contributed by atoms with Gasteiger partial charge in [0, 0.05) is 23.5 Å². The van der Waals surface area contributed by atoms with E-state index in [1.807, 2.05) is 19.1 Å². The highest BCUT2D eigenvalue weighted by Crippen LogP contribution is 2.46. The number of rotatable bonds is 9. The topological polar surface area (TPSA) is 130 Å². The van der Waals surface area contributed by atoms with E-state index in [1.165, 1.54) is 11.1 Å². The van der Waals surface area contributed by atoms with Crippen LogP contribution in [-0.4, -0.2) is 56.2 Å². The number of nitrogens with two attached hydrogens (primary N) is 1. The van der Waals surface area contributed by atoms with Crippen molar-refractivity contribution in [1.82, 2.24) is 0 Å². The number of halogens is 1. The Labute approximate surface area is 247 Å². The molecule has 1 aliphatic heterocycles. The summed E-state index contributed by atoms with van der Waals surface area (Å²) in [5.74, 6) is -0.265. The van der Waals surface area contributed by atoms with E-state index in [2.05, 4.69) is 17.0 Å². The van der Waals surface area contributed by atoms with Crippen LogP contribution in [0.2, 0.25) is 5.02 Å². The van der Waals surface area contributed by atoms with Crippen LogP contribution in [0.25, 0.3) is 0 Å². The Balaban J connectivity index is 1.38. The van der Waals surface area contributed by atoms with Gasteiger partial charge in [0.15, 0.2) is 0 Å². The molecule has 5 rings (SSSR count). The molecule has 0 saturated heterocycles. The van der Waals surface area contributed by atoms with Crippen LogP contribution in [0.15, 0.2) is 48.6 Å². The smallest absolute Gasteiger partial charge is 0.335 e. The van der Waals surface area contributed by atoms with Gasteiger partial charge in [0.2, 0.25) is 10.0 Å². The van der Waals surface area contributed by atoms with Crippen molar-refractivity contribution in [2.45, 2.75) is 57.0 Å². The highest BCUT2D eigenvalue weighted by molar-refractivity contribution is 7.89. The first-order valence-corrected chi connectivity index (χ1v) is 16.4. The molecule has 1 spiro atoms. The van der Waals surface area contributed by atoms with E-state index in [9.17, 15) is 23.4 Å². The normalized spacial score (nSPS) is 25.5. The van der Waals surface area contributed by atoms with Crippen molar-refractivity contribution in [2.75, 3.05) is 30.3 Å². The van der Waals surface area contributed by atoms with Gasteiger partial charge < -0.3 is 19.8 Å². The van der Waals surface area contributed by atoms with Crippen molar-refractivity contribution in [2.24, 2.45) is 22.9 Å². The molecule has 8 nitrogen and oxygen atoms in total. The number of aliphatic hydroxyl groups is 1. The number of benzene rings is 2. The second-order valence-corrected chi connectivity index (χ2v) is 14.3. The predicted molar refractivity (Wildman–Crippen MR) is 160 cm³/mol. The standard InChI is InChI=1S/C31H39ClN2O6S/c1-20(17-41(33,38)39)4-2-6-28(35)25-10-7-23(25)16-34-18-31(13-3-5-21-14-24(32)9-11-26(21)31)19-40-29-12-8-22(30(36)37)15-27(29)34/h2,6,8-9,11-12,14-15,20,23,25,28,35H,3-5,7,10,13,16-19H2,1H3,(H,36,37)(H2,33,38,39)/t20-,23-,25+,28-,31-/m0/s1. The van der Waals surface area contributed by atoms with Crippen LogP contribution in [0.3, 0.4) is 0 Å². The van der Waals surface area contributed by atoms with Gasteiger partial charge >= 0.3 is 5.97 Å². The van der Waals surface area contributed by atoms with E-state index in [0.717, 1.165) is 42.8 Å². The van der Waals surface area contributed by atoms with Crippen molar-refractivity contribution in [3.8, 4) is 5.75 Å². The molecule has 0 unspecified atom stereocenters. The number of carboxylic acid groups (broad SMARTS) is 1. The molecule has 3 aliphatic rings. The third-order valence-corrected chi connectivity index (χ3v) is 10.3. The van der Waals surface area contributed by atoms with Crippen molar-refractivity contribution >= 4 is 33.3 Å². The van der Waals surface area contributed by atoms with Gasteiger partial charge in [0.1, 0.15) is 5.75 Å². The maximum absolute atomic E-state index is 11.9. The van der Waals surface area contributed by atoms with Gasteiger partial charge in [0.25, 0.3) is 0 Å². The van der Waals surface area contributed by atoms with Crippen molar-refractivity contribution in [1.29, 1.82) is 0 Å². The largest absolute Gasteiger partial charge is 0.490 e. The fraction of sp³-hybridized carbons (Fsp3) is 0.516. The second kappa shape index (κ2) is 12.0. The number of fused-ring (bicyclic) bond motifs is 3. The number of ether oxygens (including phenoxy) is 1.